The normalized spacial score (nSPS) is 21.2. The molecule has 1 atom stereocenters. The van der Waals surface area contributed by atoms with Crippen molar-refractivity contribution in [3.05, 3.63) is 11.5 Å². The summed E-state index contributed by atoms with van der Waals surface area (Å²) in [7, 11) is -3.14. The van der Waals surface area contributed by atoms with Crippen LogP contribution in [-0.2, 0) is 14.6 Å². The van der Waals surface area contributed by atoms with Crippen LogP contribution in [0, 0.1) is 0 Å². The first-order valence-electron chi connectivity index (χ1n) is 6.03. The van der Waals surface area contributed by atoms with Crippen LogP contribution in [0.2, 0.25) is 0 Å². The maximum atomic E-state index is 11.4. The van der Waals surface area contributed by atoms with E-state index in [1.54, 1.807) is 0 Å². The molecule has 6 nitrogen and oxygen atoms in total. The molecule has 1 N–H and O–H groups in total. The Bertz CT molecular complexity index is 401. The number of nitrogens with zero attached hydrogens (tertiary/aromatic N) is 1. The van der Waals surface area contributed by atoms with Gasteiger partial charge in [-0.15, -0.1) is 0 Å². The van der Waals surface area contributed by atoms with E-state index in [2.05, 4.69) is 10.2 Å². The quantitative estimate of drug-likeness (QED) is 0.758. The number of sulfone groups is 1. The van der Waals surface area contributed by atoms with Gasteiger partial charge in [-0.25, -0.2) is 13.2 Å². The van der Waals surface area contributed by atoms with Crippen molar-refractivity contribution in [1.82, 2.24) is 10.2 Å². The van der Waals surface area contributed by atoms with Crippen molar-refractivity contribution in [2.45, 2.75) is 19.9 Å². The number of hydrogen-bond acceptors (Lipinski definition) is 5. The van der Waals surface area contributed by atoms with E-state index >= 15 is 0 Å². The fourth-order valence-electron chi connectivity index (χ4n) is 1.67. The van der Waals surface area contributed by atoms with Crippen LogP contribution < -0.4 is 5.32 Å². The van der Waals surface area contributed by atoms with Gasteiger partial charge < -0.3 is 15.0 Å². The molecule has 7 heteroatoms. The van der Waals surface area contributed by atoms with E-state index < -0.39 is 22.0 Å². The highest BCUT2D eigenvalue weighted by Crippen LogP contribution is 2.07. The van der Waals surface area contributed by atoms with Crippen LogP contribution in [0.4, 0.5) is 4.79 Å². The van der Waals surface area contributed by atoms with Gasteiger partial charge in [0.1, 0.15) is 6.61 Å². The summed E-state index contributed by atoms with van der Waals surface area (Å²) in [5.41, 5.74) is 0. The Labute approximate surface area is 108 Å². The van der Waals surface area contributed by atoms with Gasteiger partial charge in [0.15, 0.2) is 9.84 Å². The molecule has 1 aliphatic rings. The molecule has 1 unspecified atom stereocenters. The van der Waals surface area contributed by atoms with Crippen molar-refractivity contribution in [2.24, 2.45) is 0 Å². The molecule has 18 heavy (non-hydrogen) atoms. The Hall–Kier alpha value is -1.08. The van der Waals surface area contributed by atoms with Crippen LogP contribution in [0.25, 0.3) is 0 Å². The minimum atomic E-state index is -3.14. The summed E-state index contributed by atoms with van der Waals surface area (Å²) in [4.78, 5) is 13.5. The number of nitrogens with one attached hydrogen (secondary N) is 1. The number of ether oxygens (including phenoxy) is 1. The van der Waals surface area contributed by atoms with Crippen LogP contribution in [-0.4, -0.2) is 57.4 Å². The average Bonchev–Trinajstić information content (AvgIpc) is 2.64. The number of amides is 1. The molecule has 1 heterocycles. The minimum absolute atomic E-state index is 0.0852. The fourth-order valence-corrected chi connectivity index (χ4v) is 2.90. The van der Waals surface area contributed by atoms with Crippen LogP contribution in [0.5, 0.6) is 0 Å². The van der Waals surface area contributed by atoms with Crippen molar-refractivity contribution in [3.63, 3.8) is 0 Å². The largest absolute Gasteiger partial charge is 0.448 e. The van der Waals surface area contributed by atoms with Gasteiger partial charge in [-0.3, -0.25) is 0 Å². The van der Waals surface area contributed by atoms with Crippen molar-refractivity contribution in [3.8, 4) is 0 Å². The van der Waals surface area contributed by atoms with Gasteiger partial charge in [0.05, 0.1) is 11.8 Å². The van der Waals surface area contributed by atoms with E-state index in [0.717, 1.165) is 18.5 Å². The number of rotatable bonds is 6. The summed E-state index contributed by atoms with van der Waals surface area (Å²) in [5, 5.41) is 3.62. The molecule has 0 saturated carbocycles. The molecular formula is C11H20N2O4S. The molecule has 0 aromatic rings. The first-order valence-corrected chi connectivity index (χ1v) is 7.75. The molecule has 0 saturated heterocycles. The Kier molecular flexibility index (Phi) is 5.61. The average molecular weight is 276 g/mol. The lowest BCUT2D eigenvalue weighted by Crippen LogP contribution is -2.37. The molecule has 0 bridgehead atoms. The van der Waals surface area contributed by atoms with Gasteiger partial charge >= 0.3 is 6.09 Å². The summed E-state index contributed by atoms with van der Waals surface area (Å²) in [6, 6.07) is -0.476. The monoisotopic (exact) mass is 276 g/mol. The summed E-state index contributed by atoms with van der Waals surface area (Å²) in [6.07, 6.45) is 0.884. The van der Waals surface area contributed by atoms with Crippen molar-refractivity contribution < 1.29 is 17.9 Å². The molecule has 0 aromatic heterocycles. The maximum Gasteiger partial charge on any atom is 0.407 e. The highest BCUT2D eigenvalue weighted by atomic mass is 32.2. The molecule has 1 rings (SSSR count). The Morgan fingerprint density at radius 2 is 2.11 bits per heavy atom. The smallest absolute Gasteiger partial charge is 0.407 e. The predicted molar refractivity (Wildman–Crippen MR) is 69.0 cm³/mol. The van der Waals surface area contributed by atoms with Gasteiger partial charge in [0, 0.05) is 12.0 Å². The molecule has 0 radical (unpaired) electrons. The van der Waals surface area contributed by atoms with Gasteiger partial charge in [-0.2, -0.15) is 0 Å². The fraction of sp³-hybridized carbons (Fsp3) is 0.727. The van der Waals surface area contributed by atoms with Crippen LogP contribution in [0.15, 0.2) is 11.5 Å². The van der Waals surface area contributed by atoms with E-state index in [0.29, 0.717) is 13.2 Å². The highest BCUT2D eigenvalue weighted by molar-refractivity contribution is 7.94. The number of hydrogen-bond donors (Lipinski definition) is 1. The Morgan fingerprint density at radius 1 is 1.44 bits per heavy atom. The zero-order valence-corrected chi connectivity index (χ0v) is 11.6. The lowest BCUT2D eigenvalue weighted by atomic mass is 10.3. The molecule has 1 aliphatic heterocycles. The van der Waals surface area contributed by atoms with Gasteiger partial charge in [-0.1, -0.05) is 13.8 Å². The van der Waals surface area contributed by atoms with Gasteiger partial charge in [0.25, 0.3) is 0 Å². The molecule has 0 fully saturated rings. The molecule has 1 amide bonds. The van der Waals surface area contributed by atoms with E-state index in [1.165, 1.54) is 6.08 Å². The molecule has 0 aliphatic carbocycles. The summed E-state index contributed by atoms with van der Waals surface area (Å²) in [6.45, 7) is 6.88. The van der Waals surface area contributed by atoms with Crippen molar-refractivity contribution in [1.29, 1.82) is 0 Å². The lowest BCUT2D eigenvalue weighted by Gasteiger charge is -2.18. The summed E-state index contributed by atoms with van der Waals surface area (Å²) >= 11 is 0. The van der Waals surface area contributed by atoms with Gasteiger partial charge in [0.2, 0.25) is 0 Å². The molecule has 0 aromatic carbocycles. The van der Waals surface area contributed by atoms with Crippen molar-refractivity contribution >= 4 is 15.9 Å². The van der Waals surface area contributed by atoms with E-state index in [1.807, 2.05) is 13.8 Å². The second-order valence-electron chi connectivity index (χ2n) is 4.07. The number of carbonyl (C=O) groups is 1. The zero-order valence-electron chi connectivity index (χ0n) is 10.8. The van der Waals surface area contributed by atoms with Gasteiger partial charge in [-0.05, 0) is 19.2 Å². The molecule has 104 valence electrons. The summed E-state index contributed by atoms with van der Waals surface area (Å²) in [5.74, 6) is -0.0852. The SMILES string of the molecule is CCN(CC)CCOC(=O)NC1C=CS(=O)(=O)C1. The Morgan fingerprint density at radius 3 is 2.61 bits per heavy atom. The van der Waals surface area contributed by atoms with Crippen LogP contribution in [0.3, 0.4) is 0 Å². The Balaban J connectivity index is 2.21. The zero-order chi connectivity index (χ0) is 13.6. The lowest BCUT2D eigenvalue weighted by molar-refractivity contribution is 0.128. The second-order valence-corrected chi connectivity index (χ2v) is 6.00. The third-order valence-electron chi connectivity index (χ3n) is 2.77. The minimum Gasteiger partial charge on any atom is -0.448 e. The first kappa shape index (κ1) is 15.0. The maximum absolute atomic E-state index is 11.4. The van der Waals surface area contributed by atoms with Crippen LogP contribution >= 0.6 is 0 Å². The third-order valence-corrected chi connectivity index (χ3v) is 4.16. The van der Waals surface area contributed by atoms with Crippen LogP contribution in [0.1, 0.15) is 13.8 Å². The predicted octanol–water partition coefficient (Wildman–Crippen LogP) is 0.365. The first-order chi connectivity index (χ1) is 8.46. The van der Waals surface area contributed by atoms with E-state index in [9.17, 15) is 13.2 Å². The van der Waals surface area contributed by atoms with Crippen molar-refractivity contribution in [2.75, 3.05) is 32.0 Å². The molecular weight excluding hydrogens is 256 g/mol. The molecule has 0 spiro atoms. The number of alkyl carbamates (subject to hydrolysis) is 1. The third kappa shape index (κ3) is 5.05. The number of likely N-dealkylation sites (N-methyl/N-ethyl adjacent to an activating group) is 1. The standard InChI is InChI=1S/C11H20N2O4S/c1-3-13(4-2)6-7-17-11(14)12-10-5-8-18(15,16)9-10/h5,8,10H,3-4,6-7,9H2,1-2H3,(H,12,14). The summed E-state index contributed by atoms with van der Waals surface area (Å²) < 4.78 is 27.2. The topological polar surface area (TPSA) is 75.7 Å². The van der Waals surface area contributed by atoms with E-state index in [4.69, 9.17) is 4.74 Å². The highest BCUT2D eigenvalue weighted by Gasteiger charge is 2.23. The van der Waals surface area contributed by atoms with E-state index in [-0.39, 0.29) is 5.75 Å². The number of carbonyl (C=O) groups excluding carboxylic acids is 1. The second kappa shape index (κ2) is 6.75.